The molecule has 1 saturated carbocycles. The molecule has 0 spiro atoms. The molecule has 4 rings (SSSR count). The first-order valence-corrected chi connectivity index (χ1v) is 9.85. The van der Waals surface area contributed by atoms with Crippen LogP contribution in [0.4, 0.5) is 26.3 Å². The van der Waals surface area contributed by atoms with Gasteiger partial charge in [-0.1, -0.05) is 24.3 Å². The van der Waals surface area contributed by atoms with Crippen LogP contribution in [-0.4, -0.2) is 32.7 Å². The maximum atomic E-state index is 13.9. The molecule has 4 nitrogen and oxygen atoms in total. The average molecular weight is 455 g/mol. The number of pyridine rings is 1. The molecule has 1 aliphatic rings. The number of alkyl halides is 5. The number of hydrogen-bond acceptors (Lipinski definition) is 3. The molecule has 0 amide bonds. The van der Waals surface area contributed by atoms with Gasteiger partial charge in [-0.2, -0.15) is 13.2 Å². The topological polar surface area (TPSA) is 61.8 Å². The van der Waals surface area contributed by atoms with E-state index in [2.05, 4.69) is 15.0 Å². The third-order valence-electron chi connectivity index (χ3n) is 5.87. The Morgan fingerprint density at radius 2 is 1.69 bits per heavy atom. The lowest BCUT2D eigenvalue weighted by Gasteiger charge is -2.27. The fourth-order valence-corrected chi connectivity index (χ4v) is 3.70. The van der Waals surface area contributed by atoms with Crippen molar-refractivity contribution in [3.8, 4) is 11.3 Å². The lowest BCUT2D eigenvalue weighted by Crippen LogP contribution is -2.37. The second-order valence-electron chi connectivity index (χ2n) is 8.15. The summed E-state index contributed by atoms with van der Waals surface area (Å²) in [7, 11) is 0. The Labute approximate surface area is 179 Å². The second kappa shape index (κ2) is 7.91. The molecule has 0 aliphatic heterocycles. The van der Waals surface area contributed by atoms with Gasteiger partial charge in [0.1, 0.15) is 11.6 Å². The van der Waals surface area contributed by atoms with Crippen LogP contribution in [0.5, 0.6) is 0 Å². The minimum Gasteiger partial charge on any atom is -0.379 e. The maximum absolute atomic E-state index is 13.9. The molecular weight excluding hydrogens is 436 g/mol. The number of benzene rings is 1. The minimum atomic E-state index is -4.34. The van der Waals surface area contributed by atoms with Crippen LogP contribution in [-0.2, 0) is 18.4 Å². The van der Waals surface area contributed by atoms with E-state index in [1.54, 1.807) is 0 Å². The summed E-state index contributed by atoms with van der Waals surface area (Å²) in [6.45, 7) is 0. The summed E-state index contributed by atoms with van der Waals surface area (Å²) in [6, 6.07) is 8.19. The van der Waals surface area contributed by atoms with Crippen molar-refractivity contribution in [2.45, 2.75) is 43.9 Å². The predicted octanol–water partition coefficient (Wildman–Crippen LogP) is 5.19. The zero-order valence-corrected chi connectivity index (χ0v) is 16.6. The first kappa shape index (κ1) is 22.3. The molecule has 3 aromatic rings. The summed E-state index contributed by atoms with van der Waals surface area (Å²) < 4.78 is 80.3. The highest BCUT2D eigenvalue weighted by Gasteiger charge is 2.63. The van der Waals surface area contributed by atoms with Gasteiger partial charge in [0.25, 0.3) is 6.43 Å². The zero-order valence-electron chi connectivity index (χ0n) is 16.6. The minimum absolute atomic E-state index is 0.0150. The Kier molecular flexibility index (Phi) is 5.52. The van der Waals surface area contributed by atoms with Gasteiger partial charge in [0.05, 0.1) is 17.3 Å². The van der Waals surface area contributed by atoms with Crippen molar-refractivity contribution in [1.82, 2.24) is 15.0 Å². The van der Waals surface area contributed by atoms with Gasteiger partial charge in [-0.15, -0.1) is 0 Å². The van der Waals surface area contributed by atoms with Gasteiger partial charge in [0.2, 0.25) is 0 Å². The smallest absolute Gasteiger partial charge is 0.379 e. The van der Waals surface area contributed by atoms with Crippen molar-refractivity contribution >= 4 is 0 Å². The third kappa shape index (κ3) is 4.23. The normalized spacial score (nSPS) is 17.4. The molecule has 0 bridgehead atoms. The van der Waals surface area contributed by atoms with Crippen LogP contribution in [0.25, 0.3) is 11.3 Å². The van der Waals surface area contributed by atoms with E-state index < -0.39 is 35.9 Å². The van der Waals surface area contributed by atoms with Crippen molar-refractivity contribution in [3.05, 3.63) is 71.7 Å². The number of rotatable bonds is 7. The van der Waals surface area contributed by atoms with E-state index in [0.717, 1.165) is 6.20 Å². The monoisotopic (exact) mass is 455 g/mol. The number of nitrogens with zero attached hydrogens (tertiary/aromatic N) is 2. The van der Waals surface area contributed by atoms with Gasteiger partial charge in [0.15, 0.2) is 5.60 Å². The highest BCUT2D eigenvalue weighted by Crippen LogP contribution is 2.59. The molecular formula is C22H19F6N3O. The van der Waals surface area contributed by atoms with Crippen molar-refractivity contribution in [3.63, 3.8) is 0 Å². The van der Waals surface area contributed by atoms with Crippen molar-refractivity contribution in [1.29, 1.82) is 0 Å². The van der Waals surface area contributed by atoms with Crippen molar-refractivity contribution < 1.29 is 31.4 Å². The van der Waals surface area contributed by atoms with Crippen LogP contribution in [0, 0.1) is 11.2 Å². The Morgan fingerprint density at radius 3 is 2.22 bits per heavy atom. The first-order valence-electron chi connectivity index (χ1n) is 9.85. The first-order chi connectivity index (χ1) is 15.0. The summed E-state index contributed by atoms with van der Waals surface area (Å²) in [5, 5.41) is 10.7. The fraction of sp³-hybridized carbons (Fsp3) is 0.364. The Balaban J connectivity index is 1.53. The van der Waals surface area contributed by atoms with Crippen molar-refractivity contribution in [2.24, 2.45) is 5.41 Å². The molecule has 1 fully saturated rings. The number of hydrogen-bond donors (Lipinski definition) is 2. The molecule has 2 N–H and O–H groups in total. The largest absolute Gasteiger partial charge is 0.394 e. The number of aliphatic hydroxyl groups is 1. The molecule has 10 heteroatoms. The highest BCUT2D eigenvalue weighted by atomic mass is 19.4. The number of H-pyrrole nitrogens is 1. The van der Waals surface area contributed by atoms with E-state index in [0.29, 0.717) is 11.3 Å². The molecule has 2 heterocycles. The predicted molar refractivity (Wildman–Crippen MR) is 103 cm³/mol. The van der Waals surface area contributed by atoms with Crippen LogP contribution in [0.2, 0.25) is 0 Å². The summed E-state index contributed by atoms with van der Waals surface area (Å²) >= 11 is 0. The van der Waals surface area contributed by atoms with E-state index >= 15 is 0 Å². The number of nitrogens with one attached hydrogen (secondary N) is 1. The van der Waals surface area contributed by atoms with Crippen LogP contribution in [0.15, 0.2) is 48.8 Å². The van der Waals surface area contributed by atoms with E-state index in [-0.39, 0.29) is 36.3 Å². The molecule has 1 aliphatic carbocycles. The van der Waals surface area contributed by atoms with Crippen LogP contribution in [0.1, 0.15) is 29.9 Å². The number of imidazole rings is 1. The summed E-state index contributed by atoms with van der Waals surface area (Å²) in [5.74, 6) is -0.553. The molecule has 170 valence electrons. The highest BCUT2D eigenvalue weighted by molar-refractivity contribution is 5.59. The van der Waals surface area contributed by atoms with Crippen LogP contribution in [0.3, 0.4) is 0 Å². The molecule has 1 aromatic carbocycles. The lowest BCUT2D eigenvalue weighted by molar-refractivity contribution is -0.186. The maximum Gasteiger partial charge on any atom is 0.394 e. The Morgan fingerprint density at radius 1 is 1.00 bits per heavy atom. The number of halogens is 6. The van der Waals surface area contributed by atoms with E-state index in [1.165, 1.54) is 42.6 Å². The number of aromatic nitrogens is 3. The SMILES string of the molecule is OC(Cc1ncc(CC2(C(F)(F)F)CC2)[nH]1)(c1ccc(-c2ccc(F)cn2)cc1)C(F)F. The van der Waals surface area contributed by atoms with Crippen LogP contribution >= 0.6 is 0 Å². The second-order valence-corrected chi connectivity index (χ2v) is 8.15. The van der Waals surface area contributed by atoms with Gasteiger partial charge in [-0.05, 0) is 30.5 Å². The molecule has 0 radical (unpaired) electrons. The standard InChI is InChI=1S/C22H19F6N3O/c23-15-5-6-17(29-11-15)13-1-3-14(4-2-13)21(32,19(24)25)10-18-30-12-16(31-18)9-20(7-8-20)22(26,27)28/h1-6,11-12,19,32H,7-10H2,(H,30,31). The molecule has 0 saturated heterocycles. The summed E-state index contributed by atoms with van der Waals surface area (Å²) in [6.07, 6.45) is -6.21. The Bertz CT molecular complexity index is 1070. The van der Waals surface area contributed by atoms with Gasteiger partial charge in [-0.3, -0.25) is 4.98 Å². The van der Waals surface area contributed by atoms with Gasteiger partial charge in [0, 0.05) is 30.3 Å². The van der Waals surface area contributed by atoms with E-state index in [1.807, 2.05) is 0 Å². The third-order valence-corrected chi connectivity index (χ3v) is 5.87. The quantitative estimate of drug-likeness (QED) is 0.482. The molecule has 1 unspecified atom stereocenters. The van der Waals surface area contributed by atoms with E-state index in [4.69, 9.17) is 0 Å². The summed E-state index contributed by atoms with van der Waals surface area (Å²) in [4.78, 5) is 10.5. The lowest BCUT2D eigenvalue weighted by atomic mass is 9.89. The van der Waals surface area contributed by atoms with E-state index in [9.17, 15) is 31.4 Å². The molecule has 32 heavy (non-hydrogen) atoms. The Hall–Kier alpha value is -2.88. The average Bonchev–Trinajstić information content (AvgIpc) is 3.41. The summed E-state index contributed by atoms with van der Waals surface area (Å²) in [5.41, 5.74) is -3.35. The fourth-order valence-electron chi connectivity index (χ4n) is 3.70. The van der Waals surface area contributed by atoms with Gasteiger partial charge in [-0.25, -0.2) is 18.2 Å². The molecule has 2 aromatic heterocycles. The molecule has 1 atom stereocenters. The zero-order chi connectivity index (χ0) is 23.1. The number of aromatic amines is 1. The van der Waals surface area contributed by atoms with Gasteiger partial charge < -0.3 is 10.1 Å². The van der Waals surface area contributed by atoms with Crippen molar-refractivity contribution in [2.75, 3.05) is 0 Å². The van der Waals surface area contributed by atoms with Crippen LogP contribution < -0.4 is 0 Å². The van der Waals surface area contributed by atoms with Gasteiger partial charge >= 0.3 is 6.18 Å².